The Morgan fingerprint density at radius 1 is 1.37 bits per heavy atom. The molecule has 0 saturated heterocycles. The van der Waals surface area contributed by atoms with Gasteiger partial charge >= 0.3 is 0 Å². The molecule has 0 amide bonds. The van der Waals surface area contributed by atoms with Crippen LogP contribution in [0.15, 0.2) is 30.6 Å². The number of ether oxygens (including phenoxy) is 2. The quantitative estimate of drug-likeness (QED) is 0.862. The molecule has 19 heavy (non-hydrogen) atoms. The number of likely N-dealkylation sites (N-methyl/N-ethyl adjacent to an activating group) is 1. The molecule has 0 spiro atoms. The van der Waals surface area contributed by atoms with Crippen LogP contribution in [-0.2, 0) is 6.42 Å². The molecule has 0 bridgehead atoms. The van der Waals surface area contributed by atoms with Crippen LogP contribution in [0.2, 0.25) is 0 Å². The zero-order chi connectivity index (χ0) is 13.1. The molecule has 1 unspecified atom stereocenters. The molecule has 2 heterocycles. The van der Waals surface area contributed by atoms with E-state index < -0.39 is 0 Å². The lowest BCUT2D eigenvalue weighted by Gasteiger charge is -2.17. The lowest BCUT2D eigenvalue weighted by molar-refractivity contribution is 0.174. The maximum Gasteiger partial charge on any atom is 0.231 e. The number of nitrogens with one attached hydrogen (secondary N) is 2. The van der Waals surface area contributed by atoms with E-state index in [1.165, 1.54) is 5.56 Å². The van der Waals surface area contributed by atoms with E-state index in [2.05, 4.69) is 28.3 Å². The first-order valence-corrected chi connectivity index (χ1v) is 6.48. The molecule has 0 aliphatic carbocycles. The number of fused-ring (bicyclic) bond motifs is 1. The summed E-state index contributed by atoms with van der Waals surface area (Å²) < 4.78 is 10.8. The maximum absolute atomic E-state index is 5.43. The number of imidazole rings is 1. The third-order valence-electron chi connectivity index (χ3n) is 3.20. The summed E-state index contributed by atoms with van der Waals surface area (Å²) >= 11 is 0. The Labute approximate surface area is 112 Å². The van der Waals surface area contributed by atoms with E-state index in [1.807, 2.05) is 18.3 Å². The fourth-order valence-electron chi connectivity index (χ4n) is 2.29. The van der Waals surface area contributed by atoms with Crippen LogP contribution < -0.4 is 14.8 Å². The van der Waals surface area contributed by atoms with Gasteiger partial charge in [-0.1, -0.05) is 13.0 Å². The van der Waals surface area contributed by atoms with Crippen molar-refractivity contribution in [2.24, 2.45) is 0 Å². The topological polar surface area (TPSA) is 59.2 Å². The molecular formula is C14H17N3O2. The molecule has 1 aromatic carbocycles. The van der Waals surface area contributed by atoms with Gasteiger partial charge in [0.25, 0.3) is 0 Å². The van der Waals surface area contributed by atoms with Gasteiger partial charge in [-0.05, 0) is 24.2 Å². The Morgan fingerprint density at radius 2 is 2.26 bits per heavy atom. The van der Waals surface area contributed by atoms with Crippen molar-refractivity contribution in [2.75, 3.05) is 13.3 Å². The minimum absolute atomic E-state index is 0.214. The summed E-state index contributed by atoms with van der Waals surface area (Å²) in [5.41, 5.74) is 1.18. The Balaban J connectivity index is 1.83. The largest absolute Gasteiger partial charge is 0.454 e. The summed E-state index contributed by atoms with van der Waals surface area (Å²) in [5.74, 6) is 2.61. The number of hydrogen-bond acceptors (Lipinski definition) is 4. The highest BCUT2D eigenvalue weighted by Crippen LogP contribution is 2.34. The second-order valence-electron chi connectivity index (χ2n) is 4.46. The standard InChI is InChI=1S/C14H17N3O2/c1-2-15-11(8-14-16-5-6-17-14)10-3-4-12-13(7-10)19-9-18-12/h3-7,11,15H,2,8-9H2,1H3,(H,16,17). The van der Waals surface area contributed by atoms with Crippen molar-refractivity contribution in [1.29, 1.82) is 0 Å². The van der Waals surface area contributed by atoms with Crippen molar-refractivity contribution >= 4 is 0 Å². The number of benzene rings is 1. The second-order valence-corrected chi connectivity index (χ2v) is 4.46. The zero-order valence-electron chi connectivity index (χ0n) is 10.8. The summed E-state index contributed by atoms with van der Waals surface area (Å²) in [6.45, 7) is 3.31. The summed E-state index contributed by atoms with van der Waals surface area (Å²) in [4.78, 5) is 7.43. The summed E-state index contributed by atoms with van der Waals surface area (Å²) in [6.07, 6.45) is 4.44. The van der Waals surface area contributed by atoms with Crippen molar-refractivity contribution in [1.82, 2.24) is 15.3 Å². The number of nitrogens with zero attached hydrogens (tertiary/aromatic N) is 1. The summed E-state index contributed by atoms with van der Waals surface area (Å²) in [5, 5.41) is 3.47. The number of aromatic nitrogens is 2. The predicted molar refractivity (Wildman–Crippen MR) is 71.3 cm³/mol. The third-order valence-corrected chi connectivity index (χ3v) is 3.20. The Bertz CT molecular complexity index is 540. The van der Waals surface area contributed by atoms with Crippen molar-refractivity contribution in [3.63, 3.8) is 0 Å². The van der Waals surface area contributed by atoms with Crippen LogP contribution in [0.3, 0.4) is 0 Å². The van der Waals surface area contributed by atoms with Crippen LogP contribution in [0.1, 0.15) is 24.4 Å². The molecule has 3 rings (SSSR count). The minimum atomic E-state index is 0.214. The van der Waals surface area contributed by atoms with Gasteiger partial charge in [0.15, 0.2) is 11.5 Å². The first-order chi connectivity index (χ1) is 9.36. The van der Waals surface area contributed by atoms with Crippen molar-refractivity contribution in [2.45, 2.75) is 19.4 Å². The fourth-order valence-corrected chi connectivity index (χ4v) is 2.29. The number of hydrogen-bond donors (Lipinski definition) is 2. The third kappa shape index (κ3) is 2.56. The average Bonchev–Trinajstić information content (AvgIpc) is 3.08. The molecule has 100 valence electrons. The van der Waals surface area contributed by atoms with Gasteiger partial charge in [-0.25, -0.2) is 4.98 Å². The highest BCUT2D eigenvalue weighted by atomic mass is 16.7. The zero-order valence-corrected chi connectivity index (χ0v) is 10.8. The second kappa shape index (κ2) is 5.32. The van der Waals surface area contributed by atoms with E-state index in [1.54, 1.807) is 6.20 Å². The minimum Gasteiger partial charge on any atom is -0.454 e. The Kier molecular flexibility index (Phi) is 3.37. The number of rotatable bonds is 5. The molecule has 0 fully saturated rings. The molecule has 2 N–H and O–H groups in total. The van der Waals surface area contributed by atoms with Gasteiger partial charge in [0.05, 0.1) is 0 Å². The van der Waals surface area contributed by atoms with E-state index in [-0.39, 0.29) is 6.04 Å². The first-order valence-electron chi connectivity index (χ1n) is 6.48. The highest BCUT2D eigenvalue weighted by molar-refractivity contribution is 5.45. The predicted octanol–water partition coefficient (Wildman–Crippen LogP) is 2.03. The molecule has 1 aromatic heterocycles. The van der Waals surface area contributed by atoms with Crippen LogP contribution in [0.25, 0.3) is 0 Å². The summed E-state index contributed by atoms with van der Waals surface area (Å²) in [7, 11) is 0. The van der Waals surface area contributed by atoms with Crippen LogP contribution >= 0.6 is 0 Å². The Morgan fingerprint density at radius 3 is 3.05 bits per heavy atom. The van der Waals surface area contributed by atoms with E-state index in [9.17, 15) is 0 Å². The maximum atomic E-state index is 5.43. The SMILES string of the molecule is CCNC(Cc1ncc[nH]1)c1ccc2c(c1)OCO2. The summed E-state index contributed by atoms with van der Waals surface area (Å²) in [6, 6.07) is 6.29. The monoisotopic (exact) mass is 259 g/mol. The van der Waals surface area contributed by atoms with Crippen LogP contribution in [0.4, 0.5) is 0 Å². The lowest BCUT2D eigenvalue weighted by Crippen LogP contribution is -2.23. The van der Waals surface area contributed by atoms with Gasteiger partial charge in [-0.3, -0.25) is 0 Å². The van der Waals surface area contributed by atoms with E-state index >= 15 is 0 Å². The average molecular weight is 259 g/mol. The molecule has 1 atom stereocenters. The van der Waals surface area contributed by atoms with Crippen LogP contribution in [0.5, 0.6) is 11.5 Å². The lowest BCUT2D eigenvalue weighted by atomic mass is 10.0. The van der Waals surface area contributed by atoms with Crippen molar-refractivity contribution in [3.8, 4) is 11.5 Å². The first kappa shape index (κ1) is 12.0. The normalized spacial score (nSPS) is 14.6. The molecule has 1 aliphatic heterocycles. The van der Waals surface area contributed by atoms with Crippen molar-refractivity contribution < 1.29 is 9.47 Å². The molecule has 0 saturated carbocycles. The van der Waals surface area contributed by atoms with Gasteiger partial charge in [0.1, 0.15) is 5.82 Å². The van der Waals surface area contributed by atoms with Crippen molar-refractivity contribution in [3.05, 3.63) is 42.0 Å². The van der Waals surface area contributed by atoms with E-state index in [0.717, 1.165) is 30.3 Å². The highest BCUT2D eigenvalue weighted by Gasteiger charge is 2.18. The molecule has 2 aromatic rings. The fraction of sp³-hybridized carbons (Fsp3) is 0.357. The molecule has 5 nitrogen and oxygen atoms in total. The number of H-pyrrole nitrogens is 1. The van der Waals surface area contributed by atoms with Crippen LogP contribution in [-0.4, -0.2) is 23.3 Å². The van der Waals surface area contributed by atoms with Gasteiger partial charge in [-0.15, -0.1) is 0 Å². The Hall–Kier alpha value is -2.01. The molecule has 1 aliphatic rings. The van der Waals surface area contributed by atoms with E-state index in [0.29, 0.717) is 6.79 Å². The molecule has 5 heteroatoms. The molecule has 0 radical (unpaired) electrons. The van der Waals surface area contributed by atoms with Gasteiger partial charge in [0, 0.05) is 24.9 Å². The van der Waals surface area contributed by atoms with Gasteiger partial charge in [0.2, 0.25) is 6.79 Å². The van der Waals surface area contributed by atoms with Crippen LogP contribution in [0, 0.1) is 0 Å². The van der Waals surface area contributed by atoms with Gasteiger partial charge in [-0.2, -0.15) is 0 Å². The smallest absolute Gasteiger partial charge is 0.231 e. The van der Waals surface area contributed by atoms with E-state index in [4.69, 9.17) is 9.47 Å². The number of aromatic amines is 1. The van der Waals surface area contributed by atoms with Gasteiger partial charge < -0.3 is 19.8 Å². The molecular weight excluding hydrogens is 242 g/mol.